The second-order valence-electron chi connectivity index (χ2n) is 6.43. The lowest BCUT2D eigenvalue weighted by atomic mass is 10.1. The largest absolute Gasteiger partial charge is 0.395 e. The van der Waals surface area contributed by atoms with E-state index >= 15 is 0 Å². The van der Waals surface area contributed by atoms with Crippen LogP contribution in [0.3, 0.4) is 0 Å². The van der Waals surface area contributed by atoms with Crippen LogP contribution in [0.5, 0.6) is 0 Å². The first-order chi connectivity index (χ1) is 11.8. The number of benzene rings is 1. The van der Waals surface area contributed by atoms with E-state index in [1.165, 1.54) is 32.1 Å². The summed E-state index contributed by atoms with van der Waals surface area (Å²) in [5, 5.41) is 10.6. The molecule has 0 radical (unpaired) electrons. The molecule has 0 aliphatic heterocycles. The SMILES string of the molecule is CCCCCCCCc1nc2cnc3ccccc3c2n1CCO. The van der Waals surface area contributed by atoms with E-state index in [0.717, 1.165) is 40.6 Å². The fraction of sp³-hybridized carbons (Fsp3) is 0.500. The number of hydrogen-bond acceptors (Lipinski definition) is 3. The number of hydrogen-bond donors (Lipinski definition) is 1. The third kappa shape index (κ3) is 3.59. The van der Waals surface area contributed by atoms with Crippen LogP contribution in [0.2, 0.25) is 0 Å². The van der Waals surface area contributed by atoms with E-state index in [2.05, 4.69) is 22.5 Å². The van der Waals surface area contributed by atoms with Crippen molar-refractivity contribution in [2.45, 2.75) is 58.4 Å². The Morgan fingerprint density at radius 3 is 2.62 bits per heavy atom. The number of rotatable bonds is 9. The van der Waals surface area contributed by atoms with Crippen LogP contribution in [0.25, 0.3) is 21.9 Å². The lowest BCUT2D eigenvalue weighted by Gasteiger charge is -2.09. The normalized spacial score (nSPS) is 11.6. The standard InChI is InChI=1S/C20H27N3O/c1-2-3-4-5-6-7-12-19-22-18-15-21-17-11-9-8-10-16(17)20(18)23(19)13-14-24/h8-11,15,24H,2-7,12-14H2,1H3. The first-order valence-electron chi connectivity index (χ1n) is 9.19. The average Bonchev–Trinajstić information content (AvgIpc) is 2.96. The molecule has 0 unspecified atom stereocenters. The molecular formula is C20H27N3O. The molecule has 0 saturated carbocycles. The third-order valence-corrected chi connectivity index (χ3v) is 4.64. The van der Waals surface area contributed by atoms with Crippen molar-refractivity contribution in [3.8, 4) is 0 Å². The summed E-state index contributed by atoms with van der Waals surface area (Å²) in [5.41, 5.74) is 3.02. The highest BCUT2D eigenvalue weighted by molar-refractivity contribution is 6.02. The van der Waals surface area contributed by atoms with Crippen LogP contribution in [-0.4, -0.2) is 26.2 Å². The van der Waals surface area contributed by atoms with Gasteiger partial charge in [0.2, 0.25) is 0 Å². The molecule has 128 valence electrons. The van der Waals surface area contributed by atoms with Crippen LogP contribution >= 0.6 is 0 Å². The van der Waals surface area contributed by atoms with E-state index in [-0.39, 0.29) is 6.61 Å². The predicted octanol–water partition coefficient (Wildman–Crippen LogP) is 4.48. The molecule has 2 aromatic heterocycles. The Balaban J connectivity index is 1.85. The lowest BCUT2D eigenvalue weighted by molar-refractivity contribution is 0.276. The number of aromatic nitrogens is 3. The Bertz CT molecular complexity index is 794. The fourth-order valence-corrected chi connectivity index (χ4v) is 3.41. The molecule has 0 aliphatic rings. The molecule has 24 heavy (non-hydrogen) atoms. The summed E-state index contributed by atoms with van der Waals surface area (Å²) in [6.07, 6.45) is 10.5. The highest BCUT2D eigenvalue weighted by Crippen LogP contribution is 2.25. The van der Waals surface area contributed by atoms with Crippen molar-refractivity contribution in [2.24, 2.45) is 0 Å². The van der Waals surface area contributed by atoms with Gasteiger partial charge in [0.1, 0.15) is 11.3 Å². The number of nitrogens with zero attached hydrogens (tertiary/aromatic N) is 3. The highest BCUT2D eigenvalue weighted by atomic mass is 16.3. The molecule has 4 nitrogen and oxygen atoms in total. The molecule has 3 aromatic rings. The Morgan fingerprint density at radius 2 is 1.79 bits per heavy atom. The molecule has 1 aromatic carbocycles. The Kier molecular flexibility index (Phi) is 5.81. The lowest BCUT2D eigenvalue weighted by Crippen LogP contribution is -2.07. The molecule has 0 amide bonds. The summed E-state index contributed by atoms with van der Waals surface area (Å²) >= 11 is 0. The first-order valence-corrected chi connectivity index (χ1v) is 9.19. The van der Waals surface area contributed by atoms with Crippen molar-refractivity contribution in [3.05, 3.63) is 36.3 Å². The molecule has 0 atom stereocenters. The van der Waals surface area contributed by atoms with Gasteiger partial charge in [0.25, 0.3) is 0 Å². The molecule has 0 saturated heterocycles. The van der Waals surface area contributed by atoms with Gasteiger partial charge in [-0.3, -0.25) is 4.98 Å². The summed E-state index contributed by atoms with van der Waals surface area (Å²) in [7, 11) is 0. The second-order valence-corrected chi connectivity index (χ2v) is 6.43. The Labute approximate surface area is 143 Å². The molecule has 3 rings (SSSR count). The van der Waals surface area contributed by atoms with Gasteiger partial charge in [-0.1, -0.05) is 57.2 Å². The van der Waals surface area contributed by atoms with Gasteiger partial charge in [-0.15, -0.1) is 0 Å². The number of pyridine rings is 1. The number of aliphatic hydroxyl groups excluding tert-OH is 1. The summed E-state index contributed by atoms with van der Waals surface area (Å²) < 4.78 is 2.19. The Hall–Kier alpha value is -1.94. The van der Waals surface area contributed by atoms with Gasteiger partial charge in [-0.2, -0.15) is 0 Å². The number of fused-ring (bicyclic) bond motifs is 3. The number of imidazole rings is 1. The maximum absolute atomic E-state index is 9.50. The monoisotopic (exact) mass is 325 g/mol. The molecule has 0 fully saturated rings. The van der Waals surface area contributed by atoms with Crippen LogP contribution in [0, 0.1) is 0 Å². The van der Waals surface area contributed by atoms with Gasteiger partial charge in [-0.25, -0.2) is 4.98 Å². The van der Waals surface area contributed by atoms with Gasteiger partial charge < -0.3 is 9.67 Å². The maximum Gasteiger partial charge on any atom is 0.110 e. The van der Waals surface area contributed by atoms with E-state index in [1.807, 2.05) is 24.4 Å². The molecule has 4 heteroatoms. The number of unbranched alkanes of at least 4 members (excludes halogenated alkanes) is 5. The van der Waals surface area contributed by atoms with Gasteiger partial charge in [0.15, 0.2) is 0 Å². The van der Waals surface area contributed by atoms with Crippen LogP contribution in [0.1, 0.15) is 51.3 Å². The number of aryl methyl sites for hydroxylation is 1. The maximum atomic E-state index is 9.50. The summed E-state index contributed by atoms with van der Waals surface area (Å²) in [5.74, 6) is 1.08. The Morgan fingerprint density at radius 1 is 1.00 bits per heavy atom. The van der Waals surface area contributed by atoms with Crippen molar-refractivity contribution in [2.75, 3.05) is 6.61 Å². The second kappa shape index (κ2) is 8.25. The van der Waals surface area contributed by atoms with Crippen LogP contribution < -0.4 is 0 Å². The van der Waals surface area contributed by atoms with E-state index in [0.29, 0.717) is 6.54 Å². The molecule has 0 bridgehead atoms. The van der Waals surface area contributed by atoms with Crippen LogP contribution in [0.15, 0.2) is 30.5 Å². The van der Waals surface area contributed by atoms with E-state index < -0.39 is 0 Å². The first kappa shape index (κ1) is 16.9. The minimum atomic E-state index is 0.131. The molecule has 1 N–H and O–H groups in total. The zero-order valence-corrected chi connectivity index (χ0v) is 14.5. The van der Waals surface area contributed by atoms with Crippen molar-refractivity contribution >= 4 is 21.9 Å². The predicted molar refractivity (Wildman–Crippen MR) is 99.2 cm³/mol. The molecule has 0 spiro atoms. The summed E-state index contributed by atoms with van der Waals surface area (Å²) in [6.45, 7) is 2.97. The average molecular weight is 325 g/mol. The third-order valence-electron chi connectivity index (χ3n) is 4.64. The summed E-state index contributed by atoms with van der Waals surface area (Å²) in [6, 6.07) is 8.16. The number of aliphatic hydroxyl groups is 1. The van der Waals surface area contributed by atoms with E-state index in [1.54, 1.807) is 0 Å². The van der Waals surface area contributed by atoms with Crippen LogP contribution in [-0.2, 0) is 13.0 Å². The van der Waals surface area contributed by atoms with Crippen molar-refractivity contribution < 1.29 is 5.11 Å². The number of para-hydroxylation sites is 1. The quantitative estimate of drug-likeness (QED) is 0.590. The zero-order valence-electron chi connectivity index (χ0n) is 14.5. The van der Waals surface area contributed by atoms with E-state index in [9.17, 15) is 5.11 Å². The van der Waals surface area contributed by atoms with Crippen molar-refractivity contribution in [1.29, 1.82) is 0 Å². The smallest absolute Gasteiger partial charge is 0.110 e. The fourth-order valence-electron chi connectivity index (χ4n) is 3.41. The molecule has 0 aliphatic carbocycles. The zero-order chi connectivity index (χ0) is 16.8. The van der Waals surface area contributed by atoms with E-state index in [4.69, 9.17) is 4.98 Å². The van der Waals surface area contributed by atoms with Gasteiger partial charge in [0, 0.05) is 18.4 Å². The minimum absolute atomic E-state index is 0.131. The van der Waals surface area contributed by atoms with Gasteiger partial charge in [0.05, 0.1) is 23.8 Å². The van der Waals surface area contributed by atoms with Crippen molar-refractivity contribution in [3.63, 3.8) is 0 Å². The van der Waals surface area contributed by atoms with Crippen molar-refractivity contribution in [1.82, 2.24) is 14.5 Å². The summed E-state index contributed by atoms with van der Waals surface area (Å²) in [4.78, 5) is 9.32. The topological polar surface area (TPSA) is 50.9 Å². The molecule has 2 heterocycles. The highest BCUT2D eigenvalue weighted by Gasteiger charge is 2.13. The van der Waals surface area contributed by atoms with Crippen LogP contribution in [0.4, 0.5) is 0 Å². The molecular weight excluding hydrogens is 298 g/mol. The van der Waals surface area contributed by atoms with Gasteiger partial charge >= 0.3 is 0 Å². The van der Waals surface area contributed by atoms with Gasteiger partial charge in [-0.05, 0) is 12.5 Å². The minimum Gasteiger partial charge on any atom is -0.395 e.